The number of nitrogens with two attached hydrogens (primary N) is 1. The summed E-state index contributed by atoms with van der Waals surface area (Å²) in [4.78, 5) is 6.67. The van der Waals surface area contributed by atoms with E-state index in [1.165, 1.54) is 5.56 Å². The molecule has 0 bridgehead atoms. The number of aromatic nitrogens is 1. The van der Waals surface area contributed by atoms with Gasteiger partial charge in [0.1, 0.15) is 11.6 Å². The summed E-state index contributed by atoms with van der Waals surface area (Å²) in [6.45, 7) is 2.41. The summed E-state index contributed by atoms with van der Waals surface area (Å²) in [7, 11) is 1.68. The lowest BCUT2D eigenvalue weighted by molar-refractivity contribution is 0.414. The van der Waals surface area contributed by atoms with Crippen LogP contribution in [0.4, 0.5) is 5.82 Å². The normalized spacial score (nSPS) is 10.3. The number of hydrogen-bond donors (Lipinski definition) is 1. The quantitative estimate of drug-likeness (QED) is 0.840. The predicted octanol–water partition coefficient (Wildman–Crippen LogP) is 2.45. The number of ether oxygens (including phenoxy) is 1. The van der Waals surface area contributed by atoms with Crippen LogP contribution in [0.5, 0.6) is 5.75 Å². The molecule has 4 heteroatoms. The maximum Gasteiger partial charge on any atom is 0.128 e. The lowest BCUT2D eigenvalue weighted by atomic mass is 10.2. The lowest BCUT2D eigenvalue weighted by Crippen LogP contribution is -2.26. The first-order valence-corrected chi connectivity index (χ1v) is 6.82. The molecule has 0 aliphatic rings. The van der Waals surface area contributed by atoms with E-state index in [4.69, 9.17) is 10.5 Å². The fourth-order valence-electron chi connectivity index (χ4n) is 2.05. The van der Waals surface area contributed by atoms with Crippen LogP contribution < -0.4 is 15.4 Å². The minimum Gasteiger partial charge on any atom is -0.497 e. The molecule has 20 heavy (non-hydrogen) atoms. The number of benzene rings is 1. The molecule has 106 valence electrons. The topological polar surface area (TPSA) is 51.4 Å². The van der Waals surface area contributed by atoms with Gasteiger partial charge in [-0.3, -0.25) is 0 Å². The van der Waals surface area contributed by atoms with E-state index < -0.39 is 0 Å². The fourth-order valence-corrected chi connectivity index (χ4v) is 2.05. The van der Waals surface area contributed by atoms with Crippen LogP contribution in [0.2, 0.25) is 0 Å². The molecule has 0 atom stereocenters. The Bertz CT molecular complexity index is 499. The van der Waals surface area contributed by atoms with E-state index in [0.717, 1.165) is 31.1 Å². The highest BCUT2D eigenvalue weighted by Gasteiger charge is 2.08. The largest absolute Gasteiger partial charge is 0.497 e. The van der Waals surface area contributed by atoms with Crippen molar-refractivity contribution in [1.82, 2.24) is 4.98 Å². The van der Waals surface area contributed by atoms with Crippen LogP contribution in [0, 0.1) is 0 Å². The molecule has 0 fully saturated rings. The average molecular weight is 271 g/mol. The highest BCUT2D eigenvalue weighted by molar-refractivity contribution is 5.39. The zero-order valence-electron chi connectivity index (χ0n) is 11.8. The first-order chi connectivity index (χ1) is 9.83. The van der Waals surface area contributed by atoms with Crippen LogP contribution in [-0.2, 0) is 6.54 Å². The van der Waals surface area contributed by atoms with Gasteiger partial charge >= 0.3 is 0 Å². The third kappa shape index (κ3) is 3.96. The van der Waals surface area contributed by atoms with E-state index in [0.29, 0.717) is 6.54 Å². The number of anilines is 1. The second-order valence-corrected chi connectivity index (χ2v) is 4.60. The minimum absolute atomic E-state index is 0.686. The van der Waals surface area contributed by atoms with Crippen LogP contribution in [0.25, 0.3) is 0 Å². The molecular weight excluding hydrogens is 250 g/mol. The molecule has 0 saturated heterocycles. The Balaban J connectivity index is 2.10. The molecule has 0 saturated carbocycles. The van der Waals surface area contributed by atoms with Gasteiger partial charge in [-0.05, 0) is 42.8 Å². The number of methoxy groups -OCH3 is 1. The van der Waals surface area contributed by atoms with Crippen molar-refractivity contribution in [3.8, 4) is 5.75 Å². The summed E-state index contributed by atoms with van der Waals surface area (Å²) in [5.41, 5.74) is 6.85. The molecule has 1 aromatic heterocycles. The lowest BCUT2D eigenvalue weighted by Gasteiger charge is -2.23. The van der Waals surface area contributed by atoms with Gasteiger partial charge in [0.2, 0.25) is 0 Å². The zero-order chi connectivity index (χ0) is 14.2. The highest BCUT2D eigenvalue weighted by atomic mass is 16.5. The molecule has 4 nitrogen and oxygen atoms in total. The number of hydrogen-bond acceptors (Lipinski definition) is 4. The summed E-state index contributed by atoms with van der Waals surface area (Å²) in [6.07, 6.45) is 2.77. The number of rotatable bonds is 7. The van der Waals surface area contributed by atoms with E-state index in [-0.39, 0.29) is 0 Å². The molecule has 2 rings (SSSR count). The smallest absolute Gasteiger partial charge is 0.128 e. The Morgan fingerprint density at radius 1 is 1.15 bits per heavy atom. The van der Waals surface area contributed by atoms with E-state index in [2.05, 4.69) is 22.0 Å². The summed E-state index contributed by atoms with van der Waals surface area (Å²) in [5.74, 6) is 1.86. The second kappa shape index (κ2) is 7.50. The van der Waals surface area contributed by atoms with Gasteiger partial charge in [0.15, 0.2) is 0 Å². The second-order valence-electron chi connectivity index (χ2n) is 4.60. The predicted molar refractivity (Wildman–Crippen MR) is 82.0 cm³/mol. The van der Waals surface area contributed by atoms with Crippen molar-refractivity contribution in [2.45, 2.75) is 13.0 Å². The van der Waals surface area contributed by atoms with Crippen molar-refractivity contribution >= 4 is 5.82 Å². The van der Waals surface area contributed by atoms with Crippen LogP contribution in [0.3, 0.4) is 0 Å². The molecule has 1 heterocycles. The first kappa shape index (κ1) is 14.3. The molecule has 0 aliphatic heterocycles. The molecular formula is C16H21N3O. The Kier molecular flexibility index (Phi) is 5.38. The van der Waals surface area contributed by atoms with E-state index >= 15 is 0 Å². The van der Waals surface area contributed by atoms with Crippen LogP contribution >= 0.6 is 0 Å². The standard InChI is InChI=1S/C16H21N3O/c1-20-15-8-6-14(7-9-15)13-19(12-4-10-17)16-5-2-3-11-18-16/h2-3,5-9,11H,4,10,12-13,17H2,1H3. The molecule has 0 aliphatic carbocycles. The van der Waals surface area contributed by atoms with E-state index in [9.17, 15) is 0 Å². The summed E-state index contributed by atoms with van der Waals surface area (Å²) < 4.78 is 5.18. The van der Waals surface area contributed by atoms with Crippen molar-refractivity contribution in [3.05, 3.63) is 54.2 Å². The van der Waals surface area contributed by atoms with Gasteiger partial charge < -0.3 is 15.4 Å². The monoisotopic (exact) mass is 271 g/mol. The van der Waals surface area contributed by atoms with Gasteiger partial charge in [0.25, 0.3) is 0 Å². The Morgan fingerprint density at radius 2 is 1.95 bits per heavy atom. The summed E-state index contributed by atoms with van der Waals surface area (Å²) in [5, 5.41) is 0. The molecule has 0 amide bonds. The maximum absolute atomic E-state index is 5.62. The Labute approximate surface area is 120 Å². The fraction of sp³-hybridized carbons (Fsp3) is 0.312. The van der Waals surface area contributed by atoms with Gasteiger partial charge in [-0.1, -0.05) is 18.2 Å². The van der Waals surface area contributed by atoms with Gasteiger partial charge in [0.05, 0.1) is 7.11 Å². The Hall–Kier alpha value is -2.07. The third-order valence-electron chi connectivity index (χ3n) is 3.14. The van der Waals surface area contributed by atoms with Crippen molar-refractivity contribution in [2.75, 3.05) is 25.1 Å². The SMILES string of the molecule is COc1ccc(CN(CCCN)c2ccccn2)cc1. The van der Waals surface area contributed by atoms with Gasteiger partial charge in [-0.15, -0.1) is 0 Å². The number of nitrogens with zero attached hydrogens (tertiary/aromatic N) is 2. The van der Waals surface area contributed by atoms with Crippen molar-refractivity contribution in [2.24, 2.45) is 5.73 Å². The molecule has 0 unspecified atom stereocenters. The molecule has 2 N–H and O–H groups in total. The average Bonchev–Trinajstić information content (AvgIpc) is 2.53. The number of pyridine rings is 1. The van der Waals surface area contributed by atoms with Crippen LogP contribution in [0.15, 0.2) is 48.7 Å². The molecule has 1 aromatic carbocycles. The summed E-state index contributed by atoms with van der Waals surface area (Å²) >= 11 is 0. The van der Waals surface area contributed by atoms with Gasteiger partial charge in [-0.25, -0.2) is 4.98 Å². The van der Waals surface area contributed by atoms with Crippen molar-refractivity contribution in [1.29, 1.82) is 0 Å². The zero-order valence-corrected chi connectivity index (χ0v) is 11.8. The minimum atomic E-state index is 0.686. The van der Waals surface area contributed by atoms with Gasteiger partial charge in [-0.2, -0.15) is 0 Å². The van der Waals surface area contributed by atoms with Crippen LogP contribution in [0.1, 0.15) is 12.0 Å². The van der Waals surface area contributed by atoms with E-state index in [1.807, 2.05) is 36.5 Å². The molecule has 0 radical (unpaired) electrons. The Morgan fingerprint density at radius 3 is 2.55 bits per heavy atom. The highest BCUT2D eigenvalue weighted by Crippen LogP contribution is 2.17. The van der Waals surface area contributed by atoms with Gasteiger partial charge in [0, 0.05) is 19.3 Å². The summed E-state index contributed by atoms with van der Waals surface area (Å²) in [6, 6.07) is 14.1. The van der Waals surface area contributed by atoms with E-state index in [1.54, 1.807) is 7.11 Å². The molecule has 0 spiro atoms. The maximum atomic E-state index is 5.62. The third-order valence-corrected chi connectivity index (χ3v) is 3.14. The molecule has 2 aromatic rings. The van der Waals surface area contributed by atoms with Crippen molar-refractivity contribution < 1.29 is 4.74 Å². The van der Waals surface area contributed by atoms with Crippen molar-refractivity contribution in [3.63, 3.8) is 0 Å². The first-order valence-electron chi connectivity index (χ1n) is 6.82. The van der Waals surface area contributed by atoms with Crippen LogP contribution in [-0.4, -0.2) is 25.2 Å².